The molecule has 0 rings (SSSR count). The van der Waals surface area contributed by atoms with E-state index in [2.05, 4.69) is 55.5 Å². The summed E-state index contributed by atoms with van der Waals surface area (Å²) < 4.78 is 27.0. The molecule has 0 aromatic carbocycles. The van der Waals surface area contributed by atoms with Crippen molar-refractivity contribution >= 4 is 33.8 Å². The maximum atomic E-state index is 11.9. The van der Waals surface area contributed by atoms with E-state index in [0.29, 0.717) is 71.8 Å². The zero-order valence-corrected chi connectivity index (χ0v) is 26.4. The topological polar surface area (TPSA) is 116 Å². The summed E-state index contributed by atoms with van der Waals surface area (Å²) >= 11 is 0. The third-order valence-electron chi connectivity index (χ3n) is 4.78. The van der Waals surface area contributed by atoms with Crippen LogP contribution in [-0.4, -0.2) is 94.3 Å². The average Bonchev–Trinajstić information content (AvgIpc) is 2.88. The minimum absolute atomic E-state index is 0.0157. The van der Waals surface area contributed by atoms with Crippen molar-refractivity contribution in [3.63, 3.8) is 0 Å². The second kappa shape index (κ2) is 25.6. The summed E-state index contributed by atoms with van der Waals surface area (Å²) in [5.41, 5.74) is 0.0157. The number of hydrogen-bond donors (Lipinski definition) is 3. The van der Waals surface area contributed by atoms with Gasteiger partial charge in [0.25, 0.3) is 0 Å². The van der Waals surface area contributed by atoms with E-state index in [1.165, 1.54) is 0 Å². The number of alkyl carbamates (subject to hydrolysis) is 2. The number of amides is 2. The van der Waals surface area contributed by atoms with Crippen molar-refractivity contribution in [2.75, 3.05) is 65.9 Å². The summed E-state index contributed by atoms with van der Waals surface area (Å²) in [5.74, 6) is 5.71. The average molecular weight is 594 g/mol. The lowest BCUT2D eigenvalue weighted by molar-refractivity contribution is 0.0489. The van der Waals surface area contributed by atoms with E-state index >= 15 is 0 Å². The van der Waals surface area contributed by atoms with Gasteiger partial charge < -0.3 is 39.6 Å². The molecule has 228 valence electrons. The van der Waals surface area contributed by atoms with Crippen molar-refractivity contribution in [1.29, 1.82) is 0 Å². The number of carbonyl (C=O) groups is 2. The van der Waals surface area contributed by atoms with E-state index in [-0.39, 0.29) is 10.2 Å². The highest BCUT2D eigenvalue weighted by atomic mass is 33.1. The van der Waals surface area contributed by atoms with E-state index in [1.807, 2.05) is 13.8 Å². The Morgan fingerprint density at radius 3 is 2.15 bits per heavy atom. The van der Waals surface area contributed by atoms with E-state index < -0.39 is 12.2 Å². The number of unbranched alkanes of at least 4 members (excludes halogenated alkanes) is 1. The second-order valence-electron chi connectivity index (χ2n) is 9.43. The van der Waals surface area contributed by atoms with Gasteiger partial charge in [0.1, 0.15) is 5.44 Å². The van der Waals surface area contributed by atoms with Crippen LogP contribution in [0.2, 0.25) is 0 Å². The Kier molecular flexibility index (Phi) is 24.7. The minimum atomic E-state index is -0.443. The minimum Gasteiger partial charge on any atom is -0.450 e. The molecular weight excluding hydrogens is 542 g/mol. The molecule has 1 atom stereocenters. The van der Waals surface area contributed by atoms with Gasteiger partial charge in [-0.1, -0.05) is 48.3 Å². The molecule has 0 spiro atoms. The molecule has 39 heavy (non-hydrogen) atoms. The third-order valence-corrected chi connectivity index (χ3v) is 8.39. The SMILES string of the molecule is CCC#CCNC(=O)OCCCCOC(C)SSC(C)(C)CCOC(=O)NCCOCCOCCNC(C)C. The molecule has 0 aliphatic rings. The van der Waals surface area contributed by atoms with Gasteiger partial charge in [0.15, 0.2) is 0 Å². The molecule has 0 aromatic rings. The zero-order chi connectivity index (χ0) is 29.2. The summed E-state index contributed by atoms with van der Waals surface area (Å²) in [4.78, 5) is 23.4. The van der Waals surface area contributed by atoms with Crippen LogP contribution in [0.1, 0.15) is 67.2 Å². The van der Waals surface area contributed by atoms with Gasteiger partial charge in [-0.2, -0.15) is 0 Å². The maximum Gasteiger partial charge on any atom is 0.407 e. The van der Waals surface area contributed by atoms with Crippen LogP contribution in [0.3, 0.4) is 0 Å². The molecule has 1 unspecified atom stereocenters. The van der Waals surface area contributed by atoms with Crippen molar-refractivity contribution in [2.45, 2.75) is 83.5 Å². The molecule has 0 bridgehead atoms. The van der Waals surface area contributed by atoms with Gasteiger partial charge in [-0.15, -0.1) is 5.92 Å². The molecule has 10 nitrogen and oxygen atoms in total. The fourth-order valence-corrected chi connectivity index (χ4v) is 4.97. The van der Waals surface area contributed by atoms with Crippen LogP contribution >= 0.6 is 21.6 Å². The van der Waals surface area contributed by atoms with Crippen LogP contribution in [0.4, 0.5) is 9.59 Å². The molecule has 0 aromatic heterocycles. The first-order valence-electron chi connectivity index (χ1n) is 13.8. The summed E-state index contributed by atoms with van der Waals surface area (Å²) in [6.45, 7) is 17.3. The molecule has 0 radical (unpaired) electrons. The van der Waals surface area contributed by atoms with Crippen LogP contribution in [0.15, 0.2) is 0 Å². The summed E-state index contributed by atoms with van der Waals surface area (Å²) in [7, 11) is 3.36. The standard InChI is InChI=1S/C27H51N3O7S2/c1-7-8-9-13-29-25(31)36-17-11-10-16-35-24(4)38-39-27(5,6)12-18-37-26(32)30-15-20-34-22-21-33-19-14-28-23(2)3/h23-24,28H,7,10-22H2,1-6H3,(H,29,31)(H,30,32). The molecule has 3 N–H and O–H groups in total. The number of ether oxygens (including phenoxy) is 5. The van der Waals surface area contributed by atoms with E-state index in [1.54, 1.807) is 21.6 Å². The van der Waals surface area contributed by atoms with E-state index in [9.17, 15) is 9.59 Å². The molecule has 0 aliphatic carbocycles. The largest absolute Gasteiger partial charge is 0.450 e. The monoisotopic (exact) mass is 593 g/mol. The van der Waals surface area contributed by atoms with E-state index in [0.717, 1.165) is 25.8 Å². The van der Waals surface area contributed by atoms with Crippen molar-refractivity contribution < 1.29 is 33.3 Å². The molecule has 0 aliphatic heterocycles. The normalized spacial score (nSPS) is 12.0. The second-order valence-corrected chi connectivity index (χ2v) is 12.6. The molecular formula is C27H51N3O7S2. The van der Waals surface area contributed by atoms with Gasteiger partial charge in [-0.3, -0.25) is 0 Å². The van der Waals surface area contributed by atoms with Crippen LogP contribution < -0.4 is 16.0 Å². The van der Waals surface area contributed by atoms with Crippen LogP contribution in [-0.2, 0) is 23.7 Å². The lowest BCUT2D eigenvalue weighted by Crippen LogP contribution is -2.30. The van der Waals surface area contributed by atoms with Gasteiger partial charge in [0.05, 0.1) is 46.2 Å². The molecule has 0 saturated carbocycles. The van der Waals surface area contributed by atoms with Gasteiger partial charge >= 0.3 is 12.2 Å². The van der Waals surface area contributed by atoms with E-state index in [4.69, 9.17) is 23.7 Å². The Morgan fingerprint density at radius 1 is 0.821 bits per heavy atom. The lowest BCUT2D eigenvalue weighted by atomic mass is 10.1. The molecule has 0 fully saturated rings. The van der Waals surface area contributed by atoms with Gasteiger partial charge in [-0.25, -0.2) is 9.59 Å². The Labute approximate surface area is 243 Å². The highest BCUT2D eigenvalue weighted by molar-refractivity contribution is 8.77. The fourth-order valence-electron chi connectivity index (χ4n) is 2.65. The first-order valence-corrected chi connectivity index (χ1v) is 16.0. The molecule has 12 heteroatoms. The maximum absolute atomic E-state index is 11.9. The highest BCUT2D eigenvalue weighted by Gasteiger charge is 2.21. The van der Waals surface area contributed by atoms with Gasteiger partial charge in [-0.05, 0) is 40.0 Å². The van der Waals surface area contributed by atoms with Crippen molar-refractivity contribution in [1.82, 2.24) is 16.0 Å². The Hall–Kier alpha value is -1.36. The number of nitrogens with one attached hydrogen (secondary N) is 3. The highest BCUT2D eigenvalue weighted by Crippen LogP contribution is 2.40. The molecule has 0 saturated heterocycles. The van der Waals surface area contributed by atoms with Crippen LogP contribution in [0, 0.1) is 11.8 Å². The number of hydrogen-bond acceptors (Lipinski definition) is 10. The van der Waals surface area contributed by atoms with Gasteiger partial charge in [0, 0.05) is 36.9 Å². The van der Waals surface area contributed by atoms with Crippen LogP contribution in [0.25, 0.3) is 0 Å². The van der Waals surface area contributed by atoms with Crippen molar-refractivity contribution in [3.8, 4) is 11.8 Å². The Balaban J connectivity index is 3.65. The third kappa shape index (κ3) is 28.0. The predicted molar refractivity (Wildman–Crippen MR) is 160 cm³/mol. The Bertz CT molecular complexity index is 688. The molecule has 0 heterocycles. The smallest absolute Gasteiger partial charge is 0.407 e. The van der Waals surface area contributed by atoms with Crippen molar-refractivity contribution in [2.24, 2.45) is 0 Å². The Morgan fingerprint density at radius 2 is 1.46 bits per heavy atom. The predicted octanol–water partition coefficient (Wildman–Crippen LogP) is 4.58. The fraction of sp³-hybridized carbons (Fsp3) is 0.852. The quantitative estimate of drug-likeness (QED) is 0.0673. The summed E-state index contributed by atoms with van der Waals surface area (Å²) in [5, 5.41) is 8.56. The number of rotatable bonds is 23. The van der Waals surface area contributed by atoms with Crippen molar-refractivity contribution in [3.05, 3.63) is 0 Å². The summed E-state index contributed by atoms with van der Waals surface area (Å²) in [6.07, 6.45) is 2.14. The zero-order valence-electron chi connectivity index (χ0n) is 24.7. The first kappa shape index (κ1) is 37.6. The summed E-state index contributed by atoms with van der Waals surface area (Å²) in [6, 6.07) is 0.454. The molecule has 2 amide bonds. The van der Waals surface area contributed by atoms with Crippen LogP contribution in [0.5, 0.6) is 0 Å². The lowest BCUT2D eigenvalue weighted by Gasteiger charge is -2.24. The van der Waals surface area contributed by atoms with Gasteiger partial charge in [0.2, 0.25) is 0 Å². The first-order chi connectivity index (χ1) is 18.7. The number of carbonyl (C=O) groups excluding carboxylic acids is 2.